The molecule has 0 radical (unpaired) electrons. The van der Waals surface area contributed by atoms with Gasteiger partial charge in [-0.05, 0) is 61.7 Å². The maximum absolute atomic E-state index is 12.7. The number of phenols is 1. The molecule has 1 aliphatic heterocycles. The lowest BCUT2D eigenvalue weighted by Crippen LogP contribution is -2.38. The summed E-state index contributed by atoms with van der Waals surface area (Å²) in [7, 11) is 2.85. The summed E-state index contributed by atoms with van der Waals surface area (Å²) in [4.78, 5) is 38.2. The van der Waals surface area contributed by atoms with E-state index in [1.165, 1.54) is 26.4 Å². The summed E-state index contributed by atoms with van der Waals surface area (Å²) in [5.41, 5.74) is 0.851. The lowest BCUT2D eigenvalue weighted by atomic mass is 10.1. The van der Waals surface area contributed by atoms with Crippen molar-refractivity contribution in [3.63, 3.8) is 0 Å². The van der Waals surface area contributed by atoms with Crippen molar-refractivity contribution in [1.29, 1.82) is 0 Å². The molecule has 2 aromatic rings. The highest BCUT2D eigenvalue weighted by molar-refractivity contribution is 9.13. The van der Waals surface area contributed by atoms with Gasteiger partial charge in [0.05, 0.1) is 24.4 Å². The van der Waals surface area contributed by atoms with E-state index in [0.717, 1.165) is 4.90 Å². The lowest BCUT2D eigenvalue weighted by Gasteiger charge is -2.13. The number of benzene rings is 2. The van der Waals surface area contributed by atoms with Crippen LogP contribution in [0.1, 0.15) is 5.56 Å². The third-order valence-corrected chi connectivity index (χ3v) is 6.50. The van der Waals surface area contributed by atoms with Crippen LogP contribution in [0.2, 0.25) is 0 Å². The van der Waals surface area contributed by atoms with E-state index in [4.69, 9.17) is 9.47 Å². The van der Waals surface area contributed by atoms with E-state index in [-0.39, 0.29) is 17.2 Å². The summed E-state index contributed by atoms with van der Waals surface area (Å²) in [6, 6.07) is 7.54. The Morgan fingerprint density at radius 1 is 1.16 bits per heavy atom. The molecule has 1 heterocycles. The molecular formula is C20H17Br2N3O6. The Morgan fingerprint density at radius 2 is 1.84 bits per heavy atom. The number of rotatable bonds is 6. The van der Waals surface area contributed by atoms with Gasteiger partial charge in [0.1, 0.15) is 18.0 Å². The normalized spacial score (nSPS) is 14.6. The number of carbonyl (C=O) groups excluding carboxylic acids is 3. The molecule has 9 nitrogen and oxygen atoms in total. The Bertz CT molecular complexity index is 1100. The topological polar surface area (TPSA) is 117 Å². The largest absolute Gasteiger partial charge is 0.503 e. The minimum atomic E-state index is -0.729. The number of nitrogens with zero attached hydrogens (tertiary/aromatic N) is 1. The maximum Gasteiger partial charge on any atom is 0.329 e. The first kappa shape index (κ1) is 22.6. The Labute approximate surface area is 194 Å². The van der Waals surface area contributed by atoms with Crippen molar-refractivity contribution in [2.75, 3.05) is 26.1 Å². The molecule has 1 aliphatic rings. The van der Waals surface area contributed by atoms with Crippen LogP contribution >= 0.6 is 31.9 Å². The van der Waals surface area contributed by atoms with Gasteiger partial charge in [-0.25, -0.2) is 9.69 Å². The first-order valence-electron chi connectivity index (χ1n) is 8.79. The van der Waals surface area contributed by atoms with Crippen LogP contribution in [0, 0.1) is 0 Å². The van der Waals surface area contributed by atoms with E-state index >= 15 is 0 Å². The van der Waals surface area contributed by atoms with Gasteiger partial charge < -0.3 is 25.2 Å². The fraction of sp³-hybridized carbons (Fsp3) is 0.150. The van der Waals surface area contributed by atoms with Crippen LogP contribution in [0.4, 0.5) is 10.5 Å². The van der Waals surface area contributed by atoms with Gasteiger partial charge in [0, 0.05) is 4.47 Å². The molecule has 11 heteroatoms. The van der Waals surface area contributed by atoms with Gasteiger partial charge in [0.15, 0.2) is 11.5 Å². The Balaban J connectivity index is 1.80. The van der Waals surface area contributed by atoms with E-state index in [1.807, 2.05) is 0 Å². The van der Waals surface area contributed by atoms with Crippen LogP contribution in [0.25, 0.3) is 6.08 Å². The summed E-state index contributed by atoms with van der Waals surface area (Å²) < 4.78 is 11.1. The maximum atomic E-state index is 12.7. The number of para-hydroxylation sites is 2. The molecule has 1 saturated heterocycles. The Morgan fingerprint density at radius 3 is 2.52 bits per heavy atom. The van der Waals surface area contributed by atoms with Crippen molar-refractivity contribution in [2.24, 2.45) is 0 Å². The molecule has 0 aromatic heterocycles. The molecule has 31 heavy (non-hydrogen) atoms. The van der Waals surface area contributed by atoms with Gasteiger partial charge in [-0.2, -0.15) is 0 Å². The molecule has 0 bridgehead atoms. The van der Waals surface area contributed by atoms with Crippen LogP contribution < -0.4 is 20.1 Å². The average molecular weight is 555 g/mol. The zero-order chi connectivity index (χ0) is 22.7. The van der Waals surface area contributed by atoms with Crippen LogP contribution in [-0.2, 0) is 9.59 Å². The first-order chi connectivity index (χ1) is 14.8. The van der Waals surface area contributed by atoms with E-state index < -0.39 is 24.4 Å². The molecule has 0 spiro atoms. The van der Waals surface area contributed by atoms with E-state index in [1.54, 1.807) is 24.3 Å². The fourth-order valence-corrected chi connectivity index (χ4v) is 3.67. The number of ether oxygens (including phenoxy) is 2. The van der Waals surface area contributed by atoms with Crippen LogP contribution in [0.5, 0.6) is 17.2 Å². The Hall–Kier alpha value is -3.05. The lowest BCUT2D eigenvalue weighted by molar-refractivity contribution is -0.127. The van der Waals surface area contributed by atoms with Crippen molar-refractivity contribution in [2.45, 2.75) is 0 Å². The van der Waals surface area contributed by atoms with Crippen molar-refractivity contribution in [3.05, 3.63) is 50.5 Å². The number of aromatic hydroxyl groups is 1. The summed E-state index contributed by atoms with van der Waals surface area (Å²) in [5.74, 6) is -0.732. The zero-order valence-electron chi connectivity index (χ0n) is 16.4. The molecular weight excluding hydrogens is 538 g/mol. The minimum Gasteiger partial charge on any atom is -0.503 e. The number of carbonyl (C=O) groups is 3. The highest BCUT2D eigenvalue weighted by atomic mass is 79.9. The van der Waals surface area contributed by atoms with Gasteiger partial charge in [-0.3, -0.25) is 9.59 Å². The number of halogens is 2. The molecule has 3 N–H and O–H groups in total. The molecule has 1 fully saturated rings. The van der Waals surface area contributed by atoms with Crippen LogP contribution in [0.3, 0.4) is 0 Å². The molecule has 3 rings (SSSR count). The molecule has 0 aliphatic carbocycles. The number of nitrogens with one attached hydrogen (secondary N) is 2. The third kappa shape index (κ3) is 4.67. The summed E-state index contributed by atoms with van der Waals surface area (Å²) >= 11 is 6.56. The summed E-state index contributed by atoms with van der Waals surface area (Å²) in [6.07, 6.45) is 1.41. The second-order valence-electron chi connectivity index (χ2n) is 6.27. The predicted molar refractivity (Wildman–Crippen MR) is 120 cm³/mol. The third-order valence-electron chi connectivity index (χ3n) is 4.34. The predicted octanol–water partition coefficient (Wildman–Crippen LogP) is 3.47. The number of anilines is 1. The fourth-order valence-electron chi connectivity index (χ4n) is 2.82. The Kier molecular flexibility index (Phi) is 6.86. The number of urea groups is 1. The molecule has 0 unspecified atom stereocenters. The second kappa shape index (κ2) is 9.40. The quantitative estimate of drug-likeness (QED) is 0.372. The van der Waals surface area contributed by atoms with Gasteiger partial charge in [0.2, 0.25) is 5.91 Å². The number of methoxy groups -OCH3 is 2. The standard InChI is InChI=1S/C20H17Br2N3O6/c1-30-13-6-4-3-5-11(13)23-15(26)9-25-19(28)12(24-20(25)29)7-10-8-14(31-2)18(27)17(22)16(10)21/h3-8,27H,9H2,1-2H3,(H,23,26)(H,24,29)/b12-7+. The number of hydrogen-bond donors (Lipinski definition) is 3. The van der Waals surface area contributed by atoms with E-state index in [0.29, 0.717) is 25.9 Å². The van der Waals surface area contributed by atoms with Crippen molar-refractivity contribution in [3.8, 4) is 17.2 Å². The van der Waals surface area contributed by atoms with Crippen molar-refractivity contribution < 1.29 is 29.0 Å². The van der Waals surface area contributed by atoms with Crippen LogP contribution in [0.15, 0.2) is 45.0 Å². The molecule has 2 aromatic carbocycles. The van der Waals surface area contributed by atoms with Crippen LogP contribution in [-0.4, -0.2) is 48.6 Å². The second-order valence-corrected chi connectivity index (χ2v) is 7.86. The number of phenolic OH excluding ortho intramolecular Hbond substituents is 1. The molecule has 0 saturated carbocycles. The smallest absolute Gasteiger partial charge is 0.329 e. The summed E-state index contributed by atoms with van der Waals surface area (Å²) in [5, 5.41) is 15.1. The zero-order valence-corrected chi connectivity index (χ0v) is 19.5. The SMILES string of the molecule is COc1ccccc1NC(=O)CN1C(=O)N/C(=C/c2cc(OC)c(O)c(Br)c2Br)C1=O. The highest BCUT2D eigenvalue weighted by Crippen LogP contribution is 2.42. The van der Waals surface area contributed by atoms with E-state index in [9.17, 15) is 19.5 Å². The monoisotopic (exact) mass is 553 g/mol. The first-order valence-corrected chi connectivity index (χ1v) is 10.4. The average Bonchev–Trinajstić information content (AvgIpc) is 3.01. The van der Waals surface area contributed by atoms with Gasteiger partial charge >= 0.3 is 6.03 Å². The molecule has 162 valence electrons. The highest BCUT2D eigenvalue weighted by Gasteiger charge is 2.35. The van der Waals surface area contributed by atoms with Gasteiger partial charge in [0.25, 0.3) is 5.91 Å². The summed E-state index contributed by atoms with van der Waals surface area (Å²) in [6.45, 7) is -0.482. The van der Waals surface area contributed by atoms with E-state index in [2.05, 4.69) is 42.5 Å². The van der Waals surface area contributed by atoms with Gasteiger partial charge in [-0.15, -0.1) is 0 Å². The number of amides is 4. The molecule has 4 amide bonds. The van der Waals surface area contributed by atoms with Crippen molar-refractivity contribution in [1.82, 2.24) is 10.2 Å². The number of imide groups is 1. The van der Waals surface area contributed by atoms with Gasteiger partial charge in [-0.1, -0.05) is 12.1 Å². The minimum absolute atomic E-state index is 0.0320. The van der Waals surface area contributed by atoms with Crippen molar-refractivity contribution >= 4 is 61.5 Å². The number of hydrogen-bond acceptors (Lipinski definition) is 6. The molecule has 0 atom stereocenters.